The summed E-state index contributed by atoms with van der Waals surface area (Å²) in [6.45, 7) is 1.89. The maximum atomic E-state index is 14.1. The van der Waals surface area contributed by atoms with E-state index in [1.807, 2.05) is 12.1 Å². The molecule has 2 rings (SSSR count). The Balaban J connectivity index is 2.12. The lowest BCUT2D eigenvalue weighted by atomic mass is 10.2. The van der Waals surface area contributed by atoms with Gasteiger partial charge in [-0.2, -0.15) is 5.26 Å². The normalized spacial score (nSPS) is 10.4. The molecule has 0 atom stereocenters. The zero-order valence-electron chi connectivity index (χ0n) is 11.1. The summed E-state index contributed by atoms with van der Waals surface area (Å²) in [5.74, 6) is -0.222. The van der Waals surface area contributed by atoms with Crippen LogP contribution < -0.4 is 5.32 Å². The maximum Gasteiger partial charge on any atom is 0.217 e. The molecule has 2 aromatic rings. The molecule has 0 saturated carbocycles. The fraction of sp³-hybridized carbons (Fsp3) is 0.286. The zero-order valence-corrected chi connectivity index (χ0v) is 11.1. The van der Waals surface area contributed by atoms with Gasteiger partial charge in [-0.1, -0.05) is 6.07 Å². The van der Waals surface area contributed by atoms with E-state index in [0.29, 0.717) is 25.4 Å². The van der Waals surface area contributed by atoms with E-state index in [1.165, 1.54) is 16.8 Å². The summed E-state index contributed by atoms with van der Waals surface area (Å²) < 4.78 is 20.4. The minimum absolute atomic E-state index is 0.162. The number of ether oxygens (including phenoxy) is 1. The number of nitriles is 1. The second-order valence-electron chi connectivity index (χ2n) is 4.19. The molecular weight excluding hydrogens is 259 g/mol. The van der Waals surface area contributed by atoms with Gasteiger partial charge < -0.3 is 10.1 Å². The Hall–Kier alpha value is -2.23. The van der Waals surface area contributed by atoms with Gasteiger partial charge in [0.25, 0.3) is 0 Å². The molecular formula is C14H15FN4O. The average Bonchev–Trinajstić information content (AvgIpc) is 2.92. The molecule has 6 heteroatoms. The van der Waals surface area contributed by atoms with Gasteiger partial charge in [0.2, 0.25) is 5.82 Å². The molecule has 0 fully saturated rings. The zero-order chi connectivity index (χ0) is 14.4. The van der Waals surface area contributed by atoms with Crippen molar-refractivity contribution < 1.29 is 9.13 Å². The highest BCUT2D eigenvalue weighted by molar-refractivity contribution is 5.39. The first-order valence-electron chi connectivity index (χ1n) is 6.18. The minimum atomic E-state index is -0.384. The number of hydrogen-bond acceptors (Lipinski definition) is 4. The van der Waals surface area contributed by atoms with E-state index in [0.717, 1.165) is 5.56 Å². The molecule has 0 aliphatic rings. The lowest BCUT2D eigenvalue weighted by Crippen LogP contribution is -2.18. The predicted octanol–water partition coefficient (Wildman–Crippen LogP) is 1.62. The monoisotopic (exact) mass is 274 g/mol. The Morgan fingerprint density at radius 2 is 2.35 bits per heavy atom. The SMILES string of the molecule is COCCNCc1ccc(-n2ccnc2C#N)c(F)c1. The van der Waals surface area contributed by atoms with Crippen molar-refractivity contribution in [1.82, 2.24) is 14.9 Å². The van der Waals surface area contributed by atoms with Crippen molar-refractivity contribution in [2.75, 3.05) is 20.3 Å². The molecule has 104 valence electrons. The van der Waals surface area contributed by atoms with Gasteiger partial charge in [-0.25, -0.2) is 9.37 Å². The molecule has 5 nitrogen and oxygen atoms in total. The lowest BCUT2D eigenvalue weighted by molar-refractivity contribution is 0.199. The van der Waals surface area contributed by atoms with Crippen LogP contribution in [0.5, 0.6) is 0 Å². The van der Waals surface area contributed by atoms with E-state index in [-0.39, 0.29) is 11.6 Å². The number of imidazole rings is 1. The molecule has 20 heavy (non-hydrogen) atoms. The van der Waals surface area contributed by atoms with Crippen molar-refractivity contribution >= 4 is 0 Å². The molecule has 1 heterocycles. The first-order chi connectivity index (χ1) is 9.76. The van der Waals surface area contributed by atoms with Gasteiger partial charge in [0.05, 0.1) is 12.3 Å². The highest BCUT2D eigenvalue weighted by Gasteiger charge is 2.09. The largest absolute Gasteiger partial charge is 0.383 e. The summed E-state index contributed by atoms with van der Waals surface area (Å²) in [6.07, 6.45) is 3.03. The number of methoxy groups -OCH3 is 1. The molecule has 0 radical (unpaired) electrons. The number of rotatable bonds is 6. The van der Waals surface area contributed by atoms with E-state index in [2.05, 4.69) is 10.3 Å². The van der Waals surface area contributed by atoms with Crippen molar-refractivity contribution in [3.63, 3.8) is 0 Å². The van der Waals surface area contributed by atoms with Crippen LogP contribution in [-0.2, 0) is 11.3 Å². The van der Waals surface area contributed by atoms with E-state index < -0.39 is 0 Å². The number of benzene rings is 1. The molecule has 0 aliphatic carbocycles. The van der Waals surface area contributed by atoms with Crippen molar-refractivity contribution in [3.8, 4) is 11.8 Å². The van der Waals surface area contributed by atoms with Crippen molar-refractivity contribution in [2.24, 2.45) is 0 Å². The molecule has 0 bridgehead atoms. The minimum Gasteiger partial charge on any atom is -0.383 e. The van der Waals surface area contributed by atoms with Gasteiger partial charge in [0.1, 0.15) is 11.9 Å². The van der Waals surface area contributed by atoms with Crippen molar-refractivity contribution in [3.05, 3.63) is 47.8 Å². The Labute approximate surface area is 116 Å². The molecule has 0 aliphatic heterocycles. The average molecular weight is 274 g/mol. The predicted molar refractivity (Wildman–Crippen MR) is 71.8 cm³/mol. The van der Waals surface area contributed by atoms with Crippen LogP contribution in [0.2, 0.25) is 0 Å². The van der Waals surface area contributed by atoms with E-state index >= 15 is 0 Å². The summed E-state index contributed by atoms with van der Waals surface area (Å²) in [7, 11) is 1.63. The van der Waals surface area contributed by atoms with Gasteiger partial charge in [0.15, 0.2) is 0 Å². The van der Waals surface area contributed by atoms with Crippen molar-refractivity contribution in [2.45, 2.75) is 6.54 Å². The second kappa shape index (κ2) is 6.80. The summed E-state index contributed by atoms with van der Waals surface area (Å²) in [5.41, 5.74) is 1.15. The standard InChI is InChI=1S/C14H15FN4O/c1-20-7-5-17-10-11-2-3-13(12(15)8-11)19-6-4-18-14(19)9-16/h2-4,6,8,17H,5,7,10H2,1H3. The van der Waals surface area contributed by atoms with Crippen molar-refractivity contribution in [1.29, 1.82) is 5.26 Å². The van der Waals surface area contributed by atoms with Crippen LogP contribution in [0.15, 0.2) is 30.6 Å². The number of aromatic nitrogens is 2. The van der Waals surface area contributed by atoms with Gasteiger partial charge in [-0.3, -0.25) is 4.57 Å². The quantitative estimate of drug-likeness (QED) is 0.813. The van der Waals surface area contributed by atoms with Gasteiger partial charge in [-0.05, 0) is 17.7 Å². The fourth-order valence-electron chi connectivity index (χ4n) is 1.84. The Bertz CT molecular complexity index is 618. The van der Waals surface area contributed by atoms with Gasteiger partial charge in [0, 0.05) is 32.6 Å². The van der Waals surface area contributed by atoms with Crippen LogP contribution in [0.3, 0.4) is 0 Å². The third-order valence-corrected chi connectivity index (χ3v) is 2.82. The highest BCUT2D eigenvalue weighted by atomic mass is 19.1. The maximum absolute atomic E-state index is 14.1. The molecule has 0 unspecified atom stereocenters. The van der Waals surface area contributed by atoms with E-state index in [9.17, 15) is 4.39 Å². The smallest absolute Gasteiger partial charge is 0.217 e. The van der Waals surface area contributed by atoms with E-state index in [1.54, 1.807) is 19.4 Å². The van der Waals surface area contributed by atoms with Crippen LogP contribution in [-0.4, -0.2) is 29.8 Å². The highest BCUT2D eigenvalue weighted by Crippen LogP contribution is 2.16. The molecule has 0 amide bonds. The Morgan fingerprint density at radius 3 is 3.05 bits per heavy atom. The third-order valence-electron chi connectivity index (χ3n) is 2.82. The van der Waals surface area contributed by atoms with Crippen LogP contribution in [0, 0.1) is 17.1 Å². The molecule has 1 aromatic carbocycles. The number of nitrogens with zero attached hydrogens (tertiary/aromatic N) is 3. The van der Waals surface area contributed by atoms with Crippen LogP contribution in [0.25, 0.3) is 5.69 Å². The van der Waals surface area contributed by atoms with Gasteiger partial charge in [-0.15, -0.1) is 0 Å². The Kier molecular flexibility index (Phi) is 4.82. The first kappa shape index (κ1) is 14.2. The summed E-state index contributed by atoms with van der Waals surface area (Å²) in [6, 6.07) is 6.84. The number of nitrogens with one attached hydrogen (secondary N) is 1. The lowest BCUT2D eigenvalue weighted by Gasteiger charge is -2.08. The topological polar surface area (TPSA) is 62.9 Å². The molecule has 1 N–H and O–H groups in total. The van der Waals surface area contributed by atoms with Crippen LogP contribution in [0.1, 0.15) is 11.4 Å². The van der Waals surface area contributed by atoms with Crippen LogP contribution >= 0.6 is 0 Å². The number of halogens is 1. The van der Waals surface area contributed by atoms with Gasteiger partial charge >= 0.3 is 0 Å². The Morgan fingerprint density at radius 1 is 1.50 bits per heavy atom. The van der Waals surface area contributed by atoms with E-state index in [4.69, 9.17) is 10.00 Å². The summed E-state index contributed by atoms with van der Waals surface area (Å²) >= 11 is 0. The summed E-state index contributed by atoms with van der Waals surface area (Å²) in [5, 5.41) is 12.0. The molecule has 0 spiro atoms. The molecule has 1 aromatic heterocycles. The number of hydrogen-bond donors (Lipinski definition) is 1. The molecule has 0 saturated heterocycles. The van der Waals surface area contributed by atoms with Crippen LogP contribution in [0.4, 0.5) is 4.39 Å². The fourth-order valence-corrected chi connectivity index (χ4v) is 1.84. The second-order valence-corrected chi connectivity index (χ2v) is 4.19. The first-order valence-corrected chi connectivity index (χ1v) is 6.18. The third kappa shape index (κ3) is 3.20. The summed E-state index contributed by atoms with van der Waals surface area (Å²) in [4.78, 5) is 3.85.